The van der Waals surface area contributed by atoms with Crippen LogP contribution in [0.5, 0.6) is 0 Å². The van der Waals surface area contributed by atoms with E-state index in [2.05, 4.69) is 15.6 Å². The zero-order valence-corrected chi connectivity index (χ0v) is 6.45. The number of carboxylic acids is 1. The second-order valence-corrected chi connectivity index (χ2v) is 2.37. The van der Waals surface area contributed by atoms with Gasteiger partial charge in [-0.1, -0.05) is 0 Å². The van der Waals surface area contributed by atoms with Crippen LogP contribution in [0, 0.1) is 0 Å². The molecule has 0 aromatic carbocycles. The number of guanidine groups is 1. The van der Waals surface area contributed by atoms with Crippen LogP contribution in [-0.2, 0) is 4.79 Å². The van der Waals surface area contributed by atoms with E-state index in [-0.39, 0.29) is 0 Å². The molecule has 0 saturated carbocycles. The summed E-state index contributed by atoms with van der Waals surface area (Å²) in [6.45, 7) is 0.899. The van der Waals surface area contributed by atoms with E-state index in [1.54, 1.807) is 0 Å². The van der Waals surface area contributed by atoms with E-state index < -0.39 is 18.6 Å². The fourth-order valence-electron chi connectivity index (χ4n) is 0.845. The van der Waals surface area contributed by atoms with Crippen LogP contribution >= 0.6 is 0 Å². The molecule has 4 N–H and O–H groups in total. The third-order valence-corrected chi connectivity index (χ3v) is 1.47. The van der Waals surface area contributed by atoms with Crippen LogP contribution in [-0.4, -0.2) is 47.9 Å². The van der Waals surface area contributed by atoms with Gasteiger partial charge >= 0.3 is 5.97 Å². The standard InChI is InChI=1S/C6H11N3O3/c10-3-4(5(11)12)9-6-7-1-2-8-6/h4,10H,1-3H2,(H,11,12)(H2,7,8,9). The number of aliphatic imine (C=N–C) groups is 1. The molecule has 1 aliphatic rings. The van der Waals surface area contributed by atoms with Gasteiger partial charge in [-0.2, -0.15) is 0 Å². The number of carbonyl (C=O) groups is 1. The van der Waals surface area contributed by atoms with E-state index in [1.807, 2.05) is 0 Å². The Morgan fingerprint density at radius 3 is 3.00 bits per heavy atom. The van der Waals surface area contributed by atoms with Gasteiger partial charge in [-0.05, 0) is 0 Å². The lowest BCUT2D eigenvalue weighted by atomic mass is 10.3. The summed E-state index contributed by atoms with van der Waals surface area (Å²) in [5.74, 6) is -0.648. The largest absolute Gasteiger partial charge is 0.480 e. The van der Waals surface area contributed by atoms with Gasteiger partial charge in [0.05, 0.1) is 13.2 Å². The van der Waals surface area contributed by atoms with Crippen molar-refractivity contribution in [2.45, 2.75) is 6.04 Å². The Kier molecular flexibility index (Phi) is 2.87. The lowest BCUT2D eigenvalue weighted by Crippen LogP contribution is -2.47. The molecule has 0 aromatic heterocycles. The molecule has 0 amide bonds. The number of aliphatic hydroxyl groups is 1. The maximum atomic E-state index is 10.4. The highest BCUT2D eigenvalue weighted by Crippen LogP contribution is 1.86. The Balaban J connectivity index is 2.41. The minimum Gasteiger partial charge on any atom is -0.480 e. The van der Waals surface area contributed by atoms with Crippen molar-refractivity contribution >= 4 is 11.9 Å². The quantitative estimate of drug-likeness (QED) is 0.395. The van der Waals surface area contributed by atoms with Crippen molar-refractivity contribution in [3.8, 4) is 0 Å². The van der Waals surface area contributed by atoms with Gasteiger partial charge in [0, 0.05) is 6.54 Å². The second kappa shape index (κ2) is 3.91. The van der Waals surface area contributed by atoms with Gasteiger partial charge in [-0.25, -0.2) is 4.79 Å². The molecule has 12 heavy (non-hydrogen) atoms. The normalized spacial score (nSPS) is 17.9. The van der Waals surface area contributed by atoms with Crippen LogP contribution in [0.15, 0.2) is 4.99 Å². The molecule has 1 unspecified atom stereocenters. The topological polar surface area (TPSA) is 94.0 Å². The number of carboxylic acid groups (broad SMARTS) is 1. The molecule has 0 aliphatic carbocycles. The van der Waals surface area contributed by atoms with E-state index in [9.17, 15) is 4.79 Å². The maximum absolute atomic E-state index is 10.4. The van der Waals surface area contributed by atoms with Crippen molar-refractivity contribution in [2.24, 2.45) is 4.99 Å². The Hall–Kier alpha value is -1.30. The monoisotopic (exact) mass is 173 g/mol. The molecule has 6 heteroatoms. The number of nitrogens with one attached hydrogen (secondary N) is 2. The van der Waals surface area contributed by atoms with Crippen LogP contribution < -0.4 is 10.6 Å². The van der Waals surface area contributed by atoms with E-state index in [4.69, 9.17) is 10.2 Å². The maximum Gasteiger partial charge on any atom is 0.328 e. The molecule has 0 bridgehead atoms. The first kappa shape index (κ1) is 8.79. The minimum absolute atomic E-state index is 0.441. The molecule has 1 atom stereocenters. The fourth-order valence-corrected chi connectivity index (χ4v) is 0.845. The average molecular weight is 173 g/mol. The highest BCUT2D eigenvalue weighted by atomic mass is 16.4. The molecule has 0 aromatic rings. The molecule has 1 rings (SSSR count). The van der Waals surface area contributed by atoms with Crippen molar-refractivity contribution < 1.29 is 15.0 Å². The smallest absolute Gasteiger partial charge is 0.328 e. The van der Waals surface area contributed by atoms with Crippen molar-refractivity contribution in [2.75, 3.05) is 19.7 Å². The van der Waals surface area contributed by atoms with E-state index in [0.717, 1.165) is 0 Å². The number of rotatable bonds is 3. The molecule has 0 radical (unpaired) electrons. The van der Waals surface area contributed by atoms with Gasteiger partial charge in [0.15, 0.2) is 5.96 Å². The van der Waals surface area contributed by atoms with Crippen molar-refractivity contribution in [3.05, 3.63) is 0 Å². The van der Waals surface area contributed by atoms with Crippen LogP contribution in [0.4, 0.5) is 0 Å². The molecule has 68 valence electrons. The first-order chi connectivity index (χ1) is 5.74. The first-order valence-corrected chi connectivity index (χ1v) is 3.62. The van der Waals surface area contributed by atoms with E-state index in [1.165, 1.54) is 0 Å². The predicted octanol–water partition coefficient (Wildman–Crippen LogP) is -2.02. The molecular formula is C6H11N3O3. The zero-order valence-electron chi connectivity index (χ0n) is 6.45. The molecule has 0 fully saturated rings. The Labute approximate surface area is 69.3 Å². The minimum atomic E-state index is -1.09. The van der Waals surface area contributed by atoms with Gasteiger partial charge in [-0.15, -0.1) is 0 Å². The number of hydrogen-bond donors (Lipinski definition) is 4. The van der Waals surface area contributed by atoms with Gasteiger partial charge in [-0.3, -0.25) is 4.99 Å². The van der Waals surface area contributed by atoms with Crippen LogP contribution in [0.25, 0.3) is 0 Å². The molecule has 1 aliphatic heterocycles. The van der Waals surface area contributed by atoms with Gasteiger partial charge in [0.25, 0.3) is 0 Å². The lowest BCUT2D eigenvalue weighted by molar-refractivity contribution is -0.140. The number of aliphatic hydroxyl groups excluding tert-OH is 1. The summed E-state index contributed by atoms with van der Waals surface area (Å²) < 4.78 is 0. The van der Waals surface area contributed by atoms with Crippen molar-refractivity contribution in [1.82, 2.24) is 10.6 Å². The fraction of sp³-hybridized carbons (Fsp3) is 0.667. The zero-order chi connectivity index (χ0) is 8.97. The van der Waals surface area contributed by atoms with Crippen molar-refractivity contribution in [3.63, 3.8) is 0 Å². The van der Waals surface area contributed by atoms with Crippen LogP contribution in [0.3, 0.4) is 0 Å². The lowest BCUT2D eigenvalue weighted by Gasteiger charge is -2.12. The number of aliphatic carboxylic acids is 1. The Morgan fingerprint density at radius 1 is 1.83 bits per heavy atom. The molecule has 0 spiro atoms. The highest BCUT2D eigenvalue weighted by Gasteiger charge is 2.18. The first-order valence-electron chi connectivity index (χ1n) is 3.62. The molecule has 0 saturated heterocycles. The second-order valence-electron chi connectivity index (χ2n) is 2.37. The van der Waals surface area contributed by atoms with Gasteiger partial charge in [0.1, 0.15) is 6.04 Å². The van der Waals surface area contributed by atoms with Crippen LogP contribution in [0.1, 0.15) is 0 Å². The van der Waals surface area contributed by atoms with Gasteiger partial charge < -0.3 is 20.8 Å². The molecule has 6 nitrogen and oxygen atoms in total. The summed E-state index contributed by atoms with van der Waals surface area (Å²) in [5.41, 5.74) is 0. The predicted molar refractivity (Wildman–Crippen MR) is 42.0 cm³/mol. The summed E-state index contributed by atoms with van der Waals surface area (Å²) in [5, 5.41) is 22.6. The third kappa shape index (κ3) is 2.09. The number of nitrogens with zero attached hydrogens (tertiary/aromatic N) is 1. The summed E-state index contributed by atoms with van der Waals surface area (Å²) >= 11 is 0. The van der Waals surface area contributed by atoms with Crippen LogP contribution in [0.2, 0.25) is 0 Å². The van der Waals surface area contributed by atoms with E-state index in [0.29, 0.717) is 19.0 Å². The summed E-state index contributed by atoms with van der Waals surface area (Å²) in [6, 6.07) is -0.977. The number of hydrogen-bond acceptors (Lipinski definition) is 5. The Bertz CT molecular complexity index is 204. The molecule has 1 heterocycles. The summed E-state index contributed by atoms with van der Waals surface area (Å²) in [6.07, 6.45) is 0. The highest BCUT2D eigenvalue weighted by molar-refractivity contribution is 5.86. The van der Waals surface area contributed by atoms with Crippen molar-refractivity contribution in [1.29, 1.82) is 0 Å². The average Bonchev–Trinajstić information content (AvgIpc) is 2.51. The third-order valence-electron chi connectivity index (χ3n) is 1.47. The SMILES string of the molecule is O=C(O)C(CO)NC1=NCCN1. The summed E-state index contributed by atoms with van der Waals surface area (Å²) in [4.78, 5) is 14.3. The summed E-state index contributed by atoms with van der Waals surface area (Å²) in [7, 11) is 0. The van der Waals surface area contributed by atoms with Gasteiger partial charge in [0.2, 0.25) is 0 Å². The van der Waals surface area contributed by atoms with E-state index >= 15 is 0 Å². The Morgan fingerprint density at radius 2 is 2.58 bits per heavy atom. The molecular weight excluding hydrogens is 162 g/mol.